The van der Waals surface area contributed by atoms with E-state index in [9.17, 15) is 4.79 Å². The summed E-state index contributed by atoms with van der Waals surface area (Å²) in [4.78, 5) is 15.0. The number of aromatic nitrogens is 3. The van der Waals surface area contributed by atoms with Gasteiger partial charge in [0.05, 0.1) is 5.92 Å². The average Bonchev–Trinajstić information content (AvgIpc) is 2.65. The molecule has 2 atom stereocenters. The average molecular weight is 208 g/mol. The van der Waals surface area contributed by atoms with Gasteiger partial charge in [0.15, 0.2) is 0 Å². The van der Waals surface area contributed by atoms with Crippen LogP contribution in [0.1, 0.15) is 24.6 Å². The van der Waals surface area contributed by atoms with Crippen LogP contribution in [0.2, 0.25) is 0 Å². The van der Waals surface area contributed by atoms with E-state index in [0.29, 0.717) is 18.7 Å². The molecular formula is C9H12N4O2. The van der Waals surface area contributed by atoms with Crippen LogP contribution in [0.4, 0.5) is 5.95 Å². The van der Waals surface area contributed by atoms with E-state index >= 15 is 0 Å². The Morgan fingerprint density at radius 1 is 1.53 bits per heavy atom. The number of H-pyrrole nitrogens is 1. The molecule has 6 heteroatoms. The van der Waals surface area contributed by atoms with Gasteiger partial charge in [-0.05, 0) is 12.8 Å². The fraction of sp³-hybridized carbons (Fsp3) is 0.444. The van der Waals surface area contributed by atoms with E-state index in [2.05, 4.69) is 15.2 Å². The molecule has 0 radical (unpaired) electrons. The Morgan fingerprint density at radius 3 is 2.87 bits per heavy atom. The van der Waals surface area contributed by atoms with Crippen molar-refractivity contribution in [2.24, 2.45) is 5.92 Å². The number of aliphatic carboxylic acids is 1. The lowest BCUT2D eigenvalue weighted by molar-refractivity contribution is -0.142. The van der Waals surface area contributed by atoms with Gasteiger partial charge in [-0.1, -0.05) is 12.2 Å². The second-order valence-electron chi connectivity index (χ2n) is 3.57. The monoisotopic (exact) mass is 208 g/mol. The number of nitrogens with one attached hydrogen (secondary N) is 1. The topological polar surface area (TPSA) is 105 Å². The van der Waals surface area contributed by atoms with Crippen molar-refractivity contribution in [3.63, 3.8) is 0 Å². The van der Waals surface area contributed by atoms with Crippen LogP contribution < -0.4 is 5.73 Å². The van der Waals surface area contributed by atoms with Crippen molar-refractivity contribution in [2.75, 3.05) is 5.73 Å². The first-order valence-electron chi connectivity index (χ1n) is 4.74. The van der Waals surface area contributed by atoms with Crippen molar-refractivity contribution in [3.05, 3.63) is 18.0 Å². The Kier molecular flexibility index (Phi) is 2.40. The Morgan fingerprint density at radius 2 is 2.27 bits per heavy atom. The van der Waals surface area contributed by atoms with Crippen molar-refractivity contribution in [3.8, 4) is 0 Å². The molecule has 0 aliphatic heterocycles. The van der Waals surface area contributed by atoms with Crippen LogP contribution in [0.3, 0.4) is 0 Å². The van der Waals surface area contributed by atoms with Crippen molar-refractivity contribution < 1.29 is 9.90 Å². The molecule has 1 aliphatic rings. The lowest BCUT2D eigenvalue weighted by Gasteiger charge is -2.22. The van der Waals surface area contributed by atoms with Crippen molar-refractivity contribution in [2.45, 2.75) is 18.8 Å². The summed E-state index contributed by atoms with van der Waals surface area (Å²) < 4.78 is 0. The fourth-order valence-corrected chi connectivity index (χ4v) is 1.84. The second-order valence-corrected chi connectivity index (χ2v) is 3.57. The molecule has 0 spiro atoms. The summed E-state index contributed by atoms with van der Waals surface area (Å²) >= 11 is 0. The van der Waals surface area contributed by atoms with Gasteiger partial charge in [-0.15, -0.1) is 5.10 Å². The van der Waals surface area contributed by atoms with E-state index in [0.717, 1.165) is 0 Å². The van der Waals surface area contributed by atoms with E-state index in [1.54, 1.807) is 0 Å². The maximum Gasteiger partial charge on any atom is 0.307 e. The zero-order valence-corrected chi connectivity index (χ0v) is 8.05. The summed E-state index contributed by atoms with van der Waals surface area (Å²) in [6.45, 7) is 0. The number of nitrogens with zero attached hydrogens (tertiary/aromatic N) is 2. The molecule has 0 fully saturated rings. The Labute approximate surface area is 86.2 Å². The van der Waals surface area contributed by atoms with E-state index in [1.165, 1.54) is 0 Å². The highest BCUT2D eigenvalue weighted by Crippen LogP contribution is 2.32. The first-order valence-corrected chi connectivity index (χ1v) is 4.74. The summed E-state index contributed by atoms with van der Waals surface area (Å²) in [5, 5.41) is 15.4. The number of carboxylic acids is 1. The zero-order chi connectivity index (χ0) is 10.8. The largest absolute Gasteiger partial charge is 0.481 e. The number of allylic oxidation sites excluding steroid dienone is 2. The molecule has 1 heterocycles. The molecule has 0 saturated heterocycles. The highest BCUT2D eigenvalue weighted by molar-refractivity contribution is 5.71. The molecule has 15 heavy (non-hydrogen) atoms. The van der Waals surface area contributed by atoms with Gasteiger partial charge in [-0.2, -0.15) is 4.98 Å². The van der Waals surface area contributed by atoms with Crippen LogP contribution in [-0.4, -0.2) is 26.3 Å². The molecule has 0 saturated carbocycles. The smallest absolute Gasteiger partial charge is 0.307 e. The summed E-state index contributed by atoms with van der Waals surface area (Å²) in [7, 11) is 0. The molecule has 0 bridgehead atoms. The lowest BCUT2D eigenvalue weighted by atomic mass is 9.82. The van der Waals surface area contributed by atoms with Crippen molar-refractivity contribution in [1.29, 1.82) is 0 Å². The highest BCUT2D eigenvalue weighted by atomic mass is 16.4. The van der Waals surface area contributed by atoms with Crippen molar-refractivity contribution >= 4 is 11.9 Å². The molecule has 0 unspecified atom stereocenters. The van der Waals surface area contributed by atoms with Gasteiger partial charge in [0.1, 0.15) is 5.82 Å². The number of nitrogen functional groups attached to an aromatic ring is 1. The number of carbonyl (C=O) groups is 1. The van der Waals surface area contributed by atoms with Crippen LogP contribution in [0, 0.1) is 5.92 Å². The standard InChI is InChI=1S/C9H12N4O2/c10-9-11-7(12-13-9)5-3-1-2-4-6(5)8(14)15/h1-2,5-6H,3-4H2,(H,14,15)(H3,10,11,12,13)/t5-,6+/m0/s1. The van der Waals surface area contributed by atoms with E-state index < -0.39 is 11.9 Å². The van der Waals surface area contributed by atoms with Crippen LogP contribution in [0.15, 0.2) is 12.2 Å². The van der Waals surface area contributed by atoms with Gasteiger partial charge in [0.25, 0.3) is 0 Å². The van der Waals surface area contributed by atoms with Crippen molar-refractivity contribution in [1.82, 2.24) is 15.2 Å². The maximum absolute atomic E-state index is 11.0. The third kappa shape index (κ3) is 1.83. The lowest BCUT2D eigenvalue weighted by Crippen LogP contribution is -2.24. The van der Waals surface area contributed by atoms with Crippen LogP contribution >= 0.6 is 0 Å². The summed E-state index contributed by atoms with van der Waals surface area (Å²) in [6, 6.07) is 0. The predicted molar refractivity (Wildman–Crippen MR) is 53.0 cm³/mol. The molecule has 0 aromatic carbocycles. The van der Waals surface area contributed by atoms with Gasteiger partial charge in [0, 0.05) is 5.92 Å². The Bertz CT molecular complexity index is 399. The first kappa shape index (κ1) is 9.70. The van der Waals surface area contributed by atoms with E-state index in [1.807, 2.05) is 12.2 Å². The van der Waals surface area contributed by atoms with Crippen LogP contribution in [-0.2, 0) is 4.79 Å². The SMILES string of the molecule is Nc1n[nH]c([C@H]2CC=CC[C@H]2C(=O)O)n1. The summed E-state index contributed by atoms with van der Waals surface area (Å²) in [5.41, 5.74) is 5.39. The minimum Gasteiger partial charge on any atom is -0.481 e. The predicted octanol–water partition coefficient (Wildman–Crippen LogP) is 0.521. The van der Waals surface area contributed by atoms with E-state index in [4.69, 9.17) is 10.8 Å². The quantitative estimate of drug-likeness (QED) is 0.614. The molecule has 4 N–H and O–H groups in total. The third-order valence-electron chi connectivity index (χ3n) is 2.62. The summed E-state index contributed by atoms with van der Waals surface area (Å²) in [6.07, 6.45) is 5.03. The third-order valence-corrected chi connectivity index (χ3v) is 2.62. The molecular weight excluding hydrogens is 196 g/mol. The van der Waals surface area contributed by atoms with Gasteiger partial charge in [-0.25, -0.2) is 0 Å². The fourth-order valence-electron chi connectivity index (χ4n) is 1.84. The zero-order valence-electron chi connectivity index (χ0n) is 8.05. The van der Waals surface area contributed by atoms with Gasteiger partial charge in [-0.3, -0.25) is 9.89 Å². The summed E-state index contributed by atoms with van der Waals surface area (Å²) in [5.74, 6) is -0.688. The van der Waals surface area contributed by atoms with Crippen LogP contribution in [0.25, 0.3) is 0 Å². The normalized spacial score (nSPS) is 25.3. The minimum atomic E-state index is -0.806. The van der Waals surface area contributed by atoms with Crippen LogP contribution in [0.5, 0.6) is 0 Å². The number of anilines is 1. The molecule has 0 amide bonds. The first-order chi connectivity index (χ1) is 7.18. The number of rotatable bonds is 2. The minimum absolute atomic E-state index is 0.155. The number of nitrogens with two attached hydrogens (primary N) is 1. The second kappa shape index (κ2) is 3.72. The number of hydrogen-bond acceptors (Lipinski definition) is 4. The van der Waals surface area contributed by atoms with Gasteiger partial charge < -0.3 is 10.8 Å². The molecule has 2 rings (SSSR count). The van der Waals surface area contributed by atoms with E-state index in [-0.39, 0.29) is 11.9 Å². The molecule has 1 aromatic heterocycles. The Balaban J connectivity index is 2.26. The van der Waals surface area contributed by atoms with Gasteiger partial charge >= 0.3 is 5.97 Å². The molecule has 1 aromatic rings. The maximum atomic E-state index is 11.0. The molecule has 6 nitrogen and oxygen atoms in total. The number of hydrogen-bond donors (Lipinski definition) is 3. The number of carboxylic acid groups (broad SMARTS) is 1. The Hall–Kier alpha value is -1.85. The number of aromatic amines is 1. The highest BCUT2D eigenvalue weighted by Gasteiger charge is 2.31. The molecule has 80 valence electrons. The molecule has 1 aliphatic carbocycles. The van der Waals surface area contributed by atoms with Gasteiger partial charge in [0.2, 0.25) is 5.95 Å².